The van der Waals surface area contributed by atoms with Crippen LogP contribution in [0.25, 0.3) is 0 Å². The van der Waals surface area contributed by atoms with E-state index in [9.17, 15) is 4.79 Å². The number of nitrogens with one attached hydrogen (secondary N) is 1. The van der Waals surface area contributed by atoms with Crippen LogP contribution in [0.3, 0.4) is 0 Å². The van der Waals surface area contributed by atoms with Gasteiger partial charge in [-0.2, -0.15) is 11.8 Å². The van der Waals surface area contributed by atoms with Crippen molar-refractivity contribution in [3.63, 3.8) is 0 Å². The first kappa shape index (κ1) is 11.9. The molecule has 0 aromatic rings. The molecule has 2 atom stereocenters. The molecule has 1 saturated carbocycles. The van der Waals surface area contributed by atoms with E-state index in [4.69, 9.17) is 5.73 Å². The molecule has 1 fully saturated rings. The zero-order valence-corrected chi connectivity index (χ0v) is 9.99. The molecule has 3 N–H and O–H groups in total. The van der Waals surface area contributed by atoms with Gasteiger partial charge in [-0.3, -0.25) is 4.79 Å². The molecule has 1 aliphatic rings. The molecule has 0 aromatic heterocycles. The van der Waals surface area contributed by atoms with Gasteiger partial charge in [-0.1, -0.05) is 0 Å². The predicted octanol–water partition coefficient (Wildman–Crippen LogP) is 0.981. The van der Waals surface area contributed by atoms with Crippen LogP contribution in [0, 0.1) is 5.92 Å². The molecule has 14 heavy (non-hydrogen) atoms. The Kier molecular flexibility index (Phi) is 3.84. The third-order valence-corrected chi connectivity index (χ3v) is 3.96. The molecule has 0 aliphatic heterocycles. The Morgan fingerprint density at radius 3 is 2.64 bits per heavy atom. The molecule has 1 aliphatic carbocycles. The van der Waals surface area contributed by atoms with Crippen LogP contribution in [-0.4, -0.2) is 29.5 Å². The van der Waals surface area contributed by atoms with Crippen LogP contribution in [0.1, 0.15) is 26.7 Å². The highest BCUT2D eigenvalue weighted by atomic mass is 32.2. The van der Waals surface area contributed by atoms with E-state index in [2.05, 4.69) is 12.2 Å². The van der Waals surface area contributed by atoms with Crippen molar-refractivity contribution in [3.05, 3.63) is 0 Å². The molecule has 1 amide bonds. The molecule has 2 unspecified atom stereocenters. The van der Waals surface area contributed by atoms with Crippen LogP contribution >= 0.6 is 11.8 Å². The van der Waals surface area contributed by atoms with Gasteiger partial charge in [0.05, 0.1) is 10.8 Å². The smallest absolute Gasteiger partial charge is 0.233 e. The van der Waals surface area contributed by atoms with Gasteiger partial charge in [0.1, 0.15) is 0 Å². The lowest BCUT2D eigenvalue weighted by atomic mass is 9.96. The Bertz CT molecular complexity index is 218. The lowest BCUT2D eigenvalue weighted by Gasteiger charge is -2.30. The molecule has 3 nitrogen and oxygen atoms in total. The van der Waals surface area contributed by atoms with Crippen molar-refractivity contribution in [3.8, 4) is 0 Å². The van der Waals surface area contributed by atoms with Crippen molar-refractivity contribution in [1.82, 2.24) is 5.32 Å². The average molecular weight is 216 g/mol. The molecular weight excluding hydrogens is 196 g/mol. The second-order valence-electron chi connectivity index (χ2n) is 4.26. The van der Waals surface area contributed by atoms with Crippen molar-refractivity contribution in [2.45, 2.75) is 37.5 Å². The van der Waals surface area contributed by atoms with E-state index in [0.717, 1.165) is 0 Å². The molecular formula is C10H20N2OS. The first-order valence-electron chi connectivity index (χ1n) is 5.08. The number of thioether (sulfide) groups is 1. The standard InChI is InChI=1S/C10H20N2OS/c1-7(14-3)9(13)12-10(2,6-11)8-4-5-8/h7-8H,4-6,11H2,1-3H3,(H,12,13). The quantitative estimate of drug-likeness (QED) is 0.720. The van der Waals surface area contributed by atoms with Crippen LogP contribution in [0.4, 0.5) is 0 Å². The van der Waals surface area contributed by atoms with E-state index >= 15 is 0 Å². The zero-order valence-electron chi connectivity index (χ0n) is 9.17. The van der Waals surface area contributed by atoms with Gasteiger partial charge in [-0.25, -0.2) is 0 Å². The molecule has 0 saturated heterocycles. The first-order valence-corrected chi connectivity index (χ1v) is 6.37. The fourth-order valence-electron chi connectivity index (χ4n) is 1.53. The number of amides is 1. The SMILES string of the molecule is CSC(C)C(=O)NC(C)(CN)C1CC1. The van der Waals surface area contributed by atoms with Gasteiger partial charge in [0, 0.05) is 6.54 Å². The molecule has 0 heterocycles. The normalized spacial score (nSPS) is 22.6. The Hall–Kier alpha value is -0.220. The summed E-state index contributed by atoms with van der Waals surface area (Å²) in [5, 5.41) is 3.08. The Balaban J connectivity index is 2.51. The molecule has 4 heteroatoms. The van der Waals surface area contributed by atoms with Crippen molar-refractivity contribution in [1.29, 1.82) is 0 Å². The molecule has 0 spiro atoms. The molecule has 0 bridgehead atoms. The minimum absolute atomic E-state index is 0.0135. The van der Waals surface area contributed by atoms with Gasteiger partial charge in [0.15, 0.2) is 0 Å². The van der Waals surface area contributed by atoms with Crippen LogP contribution in [0.2, 0.25) is 0 Å². The maximum absolute atomic E-state index is 11.7. The summed E-state index contributed by atoms with van der Waals surface area (Å²) in [4.78, 5) is 11.7. The first-order chi connectivity index (χ1) is 6.53. The van der Waals surface area contributed by atoms with E-state index in [-0.39, 0.29) is 16.7 Å². The Morgan fingerprint density at radius 1 is 1.71 bits per heavy atom. The van der Waals surface area contributed by atoms with Crippen LogP contribution < -0.4 is 11.1 Å². The van der Waals surface area contributed by atoms with Gasteiger partial charge in [-0.05, 0) is 38.9 Å². The van der Waals surface area contributed by atoms with Gasteiger partial charge in [-0.15, -0.1) is 0 Å². The summed E-state index contributed by atoms with van der Waals surface area (Å²) in [5.74, 6) is 0.697. The second kappa shape index (κ2) is 4.53. The minimum atomic E-state index is -0.179. The minimum Gasteiger partial charge on any atom is -0.348 e. The van der Waals surface area contributed by atoms with E-state index in [0.29, 0.717) is 12.5 Å². The summed E-state index contributed by atoms with van der Waals surface area (Å²) in [6.45, 7) is 4.50. The maximum atomic E-state index is 11.7. The molecule has 0 aromatic carbocycles. The van der Waals surface area contributed by atoms with Crippen molar-refractivity contribution in [2.24, 2.45) is 11.7 Å². The third kappa shape index (κ3) is 2.64. The van der Waals surface area contributed by atoms with E-state index in [1.165, 1.54) is 12.8 Å². The molecule has 0 radical (unpaired) electrons. The van der Waals surface area contributed by atoms with E-state index < -0.39 is 0 Å². The lowest BCUT2D eigenvalue weighted by Crippen LogP contribution is -2.54. The van der Waals surface area contributed by atoms with Crippen LogP contribution in [0.15, 0.2) is 0 Å². The number of carbonyl (C=O) groups is 1. The summed E-state index contributed by atoms with van der Waals surface area (Å²) >= 11 is 1.56. The monoisotopic (exact) mass is 216 g/mol. The zero-order chi connectivity index (χ0) is 10.8. The predicted molar refractivity (Wildman–Crippen MR) is 61.3 cm³/mol. The van der Waals surface area contributed by atoms with Crippen molar-refractivity contribution in [2.75, 3.05) is 12.8 Å². The average Bonchev–Trinajstić information content (AvgIpc) is 2.99. The summed E-state index contributed by atoms with van der Waals surface area (Å²) in [5.41, 5.74) is 5.54. The largest absolute Gasteiger partial charge is 0.348 e. The highest BCUT2D eigenvalue weighted by Gasteiger charge is 2.41. The highest BCUT2D eigenvalue weighted by Crippen LogP contribution is 2.39. The summed E-state index contributed by atoms with van der Waals surface area (Å²) in [6.07, 6.45) is 4.34. The topological polar surface area (TPSA) is 55.1 Å². The summed E-state index contributed by atoms with van der Waals surface area (Å²) in [7, 11) is 0. The number of nitrogens with two attached hydrogens (primary N) is 1. The van der Waals surface area contributed by atoms with Crippen molar-refractivity contribution < 1.29 is 4.79 Å². The van der Waals surface area contributed by atoms with Gasteiger partial charge in [0.25, 0.3) is 0 Å². The summed E-state index contributed by atoms with van der Waals surface area (Å²) < 4.78 is 0. The van der Waals surface area contributed by atoms with Crippen LogP contribution in [0.5, 0.6) is 0 Å². The van der Waals surface area contributed by atoms with E-state index in [1.54, 1.807) is 11.8 Å². The lowest BCUT2D eigenvalue weighted by molar-refractivity contribution is -0.122. The van der Waals surface area contributed by atoms with Gasteiger partial charge >= 0.3 is 0 Å². The second-order valence-corrected chi connectivity index (χ2v) is 5.44. The van der Waals surface area contributed by atoms with E-state index in [1.807, 2.05) is 13.2 Å². The molecule has 1 rings (SSSR count). The Morgan fingerprint density at radius 2 is 2.29 bits per heavy atom. The van der Waals surface area contributed by atoms with Gasteiger partial charge in [0.2, 0.25) is 5.91 Å². The fraction of sp³-hybridized carbons (Fsp3) is 0.900. The number of hydrogen-bond acceptors (Lipinski definition) is 3. The third-order valence-electron chi connectivity index (χ3n) is 3.03. The number of hydrogen-bond donors (Lipinski definition) is 2. The Labute approximate surface area is 90.2 Å². The molecule has 82 valence electrons. The maximum Gasteiger partial charge on any atom is 0.233 e. The highest BCUT2D eigenvalue weighted by molar-refractivity contribution is 7.99. The van der Waals surface area contributed by atoms with Crippen LogP contribution in [-0.2, 0) is 4.79 Å². The van der Waals surface area contributed by atoms with Crippen molar-refractivity contribution >= 4 is 17.7 Å². The summed E-state index contributed by atoms with van der Waals surface area (Å²) in [6, 6.07) is 0. The number of carbonyl (C=O) groups excluding carboxylic acids is 1. The van der Waals surface area contributed by atoms with Gasteiger partial charge < -0.3 is 11.1 Å². The fourth-order valence-corrected chi connectivity index (χ4v) is 1.80. The number of rotatable bonds is 5.